The van der Waals surface area contributed by atoms with E-state index in [2.05, 4.69) is 15.6 Å². The largest absolute Gasteiger partial charge is 0.415 e. The zero-order chi connectivity index (χ0) is 16.0. The zero-order valence-electron chi connectivity index (χ0n) is 11.6. The Kier molecular flexibility index (Phi) is 3.53. The highest BCUT2D eigenvalue weighted by atomic mass is 35.5. The SMILES string of the molecule is CCNC1(C(F)(F)F)c2cc(Cl)ccc2Nc2ncccc21. The number of pyridine rings is 1. The third-order valence-corrected chi connectivity index (χ3v) is 3.95. The van der Waals surface area contributed by atoms with E-state index in [1.165, 1.54) is 30.5 Å². The van der Waals surface area contributed by atoms with Crippen molar-refractivity contribution in [2.24, 2.45) is 0 Å². The highest BCUT2D eigenvalue weighted by Gasteiger charge is 2.60. The Bertz CT molecular complexity index is 717. The molecule has 3 rings (SSSR count). The van der Waals surface area contributed by atoms with Crippen LogP contribution in [0.15, 0.2) is 36.5 Å². The summed E-state index contributed by atoms with van der Waals surface area (Å²) in [6.07, 6.45) is -3.10. The van der Waals surface area contributed by atoms with Crippen LogP contribution in [0.1, 0.15) is 18.1 Å². The number of rotatable bonds is 2. The molecule has 0 amide bonds. The van der Waals surface area contributed by atoms with Crippen molar-refractivity contribution < 1.29 is 13.2 Å². The van der Waals surface area contributed by atoms with Crippen molar-refractivity contribution >= 4 is 23.1 Å². The van der Waals surface area contributed by atoms with Gasteiger partial charge in [-0.1, -0.05) is 24.6 Å². The van der Waals surface area contributed by atoms with Gasteiger partial charge in [-0.15, -0.1) is 0 Å². The molecule has 0 bridgehead atoms. The van der Waals surface area contributed by atoms with Gasteiger partial charge in [-0.3, -0.25) is 5.32 Å². The molecule has 1 aromatic carbocycles. The van der Waals surface area contributed by atoms with Crippen LogP contribution in [0.2, 0.25) is 5.02 Å². The highest BCUT2D eigenvalue weighted by Crippen LogP contribution is 2.52. The minimum Gasteiger partial charge on any atom is -0.340 e. The molecule has 1 aliphatic heterocycles. The van der Waals surface area contributed by atoms with Gasteiger partial charge in [0.15, 0.2) is 5.54 Å². The van der Waals surface area contributed by atoms with E-state index in [4.69, 9.17) is 11.6 Å². The molecule has 1 atom stereocenters. The van der Waals surface area contributed by atoms with Crippen LogP contribution < -0.4 is 10.6 Å². The molecular weight excluding hydrogens is 315 g/mol. The number of aromatic nitrogens is 1. The van der Waals surface area contributed by atoms with Crippen LogP contribution in [-0.4, -0.2) is 17.7 Å². The Morgan fingerprint density at radius 3 is 2.73 bits per heavy atom. The second-order valence-electron chi connectivity index (χ2n) is 4.99. The topological polar surface area (TPSA) is 37.0 Å². The number of hydrogen-bond acceptors (Lipinski definition) is 3. The second kappa shape index (κ2) is 5.14. The summed E-state index contributed by atoms with van der Waals surface area (Å²) in [5.41, 5.74) is -1.90. The Morgan fingerprint density at radius 2 is 2.05 bits per heavy atom. The maximum absolute atomic E-state index is 14.1. The Labute approximate surface area is 130 Å². The van der Waals surface area contributed by atoms with Gasteiger partial charge in [0.05, 0.1) is 0 Å². The lowest BCUT2D eigenvalue weighted by atomic mass is 9.79. The molecule has 7 heteroatoms. The molecule has 1 aromatic heterocycles. The third-order valence-electron chi connectivity index (χ3n) is 3.72. The van der Waals surface area contributed by atoms with Crippen molar-refractivity contribution in [2.75, 3.05) is 11.9 Å². The van der Waals surface area contributed by atoms with Crippen molar-refractivity contribution in [2.45, 2.75) is 18.6 Å². The molecule has 1 aliphatic rings. The monoisotopic (exact) mass is 327 g/mol. The Balaban J connectivity index is 2.38. The first-order valence-electron chi connectivity index (χ1n) is 6.74. The summed E-state index contributed by atoms with van der Waals surface area (Å²) in [5, 5.41) is 5.81. The highest BCUT2D eigenvalue weighted by molar-refractivity contribution is 6.30. The van der Waals surface area contributed by atoms with E-state index >= 15 is 0 Å². The molecule has 0 aliphatic carbocycles. The molecule has 0 fully saturated rings. The summed E-state index contributed by atoms with van der Waals surface area (Å²) in [7, 11) is 0. The van der Waals surface area contributed by atoms with Gasteiger partial charge in [-0.2, -0.15) is 13.2 Å². The molecule has 0 saturated carbocycles. The van der Waals surface area contributed by atoms with Crippen LogP contribution in [-0.2, 0) is 5.54 Å². The van der Waals surface area contributed by atoms with Crippen LogP contribution in [0.25, 0.3) is 0 Å². The average molecular weight is 328 g/mol. The van der Waals surface area contributed by atoms with Crippen LogP contribution in [0.4, 0.5) is 24.7 Å². The minimum atomic E-state index is -4.55. The predicted molar refractivity (Wildman–Crippen MR) is 79.5 cm³/mol. The van der Waals surface area contributed by atoms with Crippen LogP contribution in [0, 0.1) is 0 Å². The third kappa shape index (κ3) is 2.06. The number of nitrogens with zero attached hydrogens (tertiary/aromatic N) is 1. The number of anilines is 2. The standard InChI is InChI=1S/C15H13ClF3N3/c1-2-21-14(15(17,18)19)10-4-3-7-20-13(10)22-12-6-5-9(16)8-11(12)14/h3-8,21H,2H2,1H3,(H,20,22). The fraction of sp³-hybridized carbons (Fsp3) is 0.267. The van der Waals surface area contributed by atoms with E-state index in [1.807, 2.05) is 0 Å². The smallest absolute Gasteiger partial charge is 0.340 e. The molecule has 2 heterocycles. The molecule has 22 heavy (non-hydrogen) atoms. The van der Waals surface area contributed by atoms with Crippen molar-refractivity contribution in [1.82, 2.24) is 10.3 Å². The van der Waals surface area contributed by atoms with Crippen molar-refractivity contribution in [1.29, 1.82) is 0 Å². The molecular formula is C15H13ClF3N3. The number of nitrogens with one attached hydrogen (secondary N) is 2. The Morgan fingerprint density at radius 1 is 1.27 bits per heavy atom. The van der Waals surface area contributed by atoms with Gasteiger partial charge < -0.3 is 5.32 Å². The summed E-state index contributed by atoms with van der Waals surface area (Å²) in [5.74, 6) is 0.190. The second-order valence-corrected chi connectivity index (χ2v) is 5.43. The Hall–Kier alpha value is -1.79. The summed E-state index contributed by atoms with van der Waals surface area (Å²) >= 11 is 5.94. The number of benzene rings is 1. The summed E-state index contributed by atoms with van der Waals surface area (Å²) in [6, 6.07) is 7.35. The van der Waals surface area contributed by atoms with E-state index in [-0.39, 0.29) is 28.5 Å². The number of alkyl halides is 3. The molecule has 3 nitrogen and oxygen atoms in total. The summed E-state index contributed by atoms with van der Waals surface area (Å²) < 4.78 is 42.3. The lowest BCUT2D eigenvalue weighted by Gasteiger charge is -2.42. The fourth-order valence-corrected chi connectivity index (χ4v) is 3.05. The first kappa shape index (κ1) is 15.1. The summed E-state index contributed by atoms with van der Waals surface area (Å²) in [4.78, 5) is 4.05. The van der Waals surface area contributed by atoms with E-state index in [0.717, 1.165) is 0 Å². The van der Waals surface area contributed by atoms with Gasteiger partial charge in [-0.05, 0) is 30.8 Å². The average Bonchev–Trinajstić information content (AvgIpc) is 2.46. The summed E-state index contributed by atoms with van der Waals surface area (Å²) in [6.45, 7) is 1.77. The van der Waals surface area contributed by atoms with Gasteiger partial charge in [-0.25, -0.2) is 4.98 Å². The van der Waals surface area contributed by atoms with Gasteiger partial charge in [0.2, 0.25) is 0 Å². The molecule has 2 N–H and O–H groups in total. The zero-order valence-corrected chi connectivity index (χ0v) is 12.4. The normalized spacial score (nSPS) is 20.0. The lowest BCUT2D eigenvalue weighted by molar-refractivity contribution is -0.187. The van der Waals surface area contributed by atoms with E-state index in [1.54, 1.807) is 13.0 Å². The quantitative estimate of drug-likeness (QED) is 0.867. The van der Waals surface area contributed by atoms with Crippen molar-refractivity contribution in [3.05, 3.63) is 52.7 Å². The van der Waals surface area contributed by atoms with Crippen molar-refractivity contribution in [3.63, 3.8) is 0 Å². The lowest BCUT2D eigenvalue weighted by Crippen LogP contribution is -2.56. The maximum Gasteiger partial charge on any atom is 0.415 e. The van der Waals surface area contributed by atoms with Gasteiger partial charge in [0.1, 0.15) is 5.82 Å². The maximum atomic E-state index is 14.1. The van der Waals surface area contributed by atoms with Gasteiger partial charge in [0.25, 0.3) is 0 Å². The van der Waals surface area contributed by atoms with Crippen LogP contribution in [0.5, 0.6) is 0 Å². The van der Waals surface area contributed by atoms with E-state index < -0.39 is 11.7 Å². The van der Waals surface area contributed by atoms with Crippen LogP contribution in [0.3, 0.4) is 0 Å². The molecule has 2 aromatic rings. The molecule has 116 valence electrons. The molecule has 1 unspecified atom stereocenters. The first-order chi connectivity index (χ1) is 10.4. The number of fused-ring (bicyclic) bond motifs is 2. The predicted octanol–water partition coefficient (Wildman–Crippen LogP) is 4.21. The van der Waals surface area contributed by atoms with Gasteiger partial charge in [0, 0.05) is 28.0 Å². The molecule has 0 spiro atoms. The van der Waals surface area contributed by atoms with Crippen LogP contribution >= 0.6 is 11.6 Å². The first-order valence-corrected chi connectivity index (χ1v) is 7.12. The minimum absolute atomic E-state index is 0.0408. The van der Waals surface area contributed by atoms with E-state index in [0.29, 0.717) is 5.69 Å². The number of halogens is 4. The van der Waals surface area contributed by atoms with Crippen molar-refractivity contribution in [3.8, 4) is 0 Å². The van der Waals surface area contributed by atoms with Gasteiger partial charge >= 0.3 is 6.18 Å². The van der Waals surface area contributed by atoms with E-state index in [9.17, 15) is 13.2 Å². The fourth-order valence-electron chi connectivity index (χ4n) is 2.88. The molecule has 0 radical (unpaired) electrons. The molecule has 0 saturated heterocycles. The number of hydrogen-bond donors (Lipinski definition) is 2.